The predicted octanol–water partition coefficient (Wildman–Crippen LogP) is 19.8. The van der Waals surface area contributed by atoms with Crippen molar-refractivity contribution in [1.82, 2.24) is 0 Å². The van der Waals surface area contributed by atoms with Crippen LogP contribution in [0.25, 0.3) is 32.9 Å². The molecule has 0 saturated carbocycles. The number of carbonyl (C=O) groups is 6. The number of carbonyl (C=O) groups excluding carboxylic acids is 6. The number of phenolic OH excluding ortho intramolecular Hbond substituents is 3. The Labute approximate surface area is 664 Å². The van der Waals surface area contributed by atoms with Crippen LogP contribution in [0.5, 0.6) is 28.7 Å². The number of phenols is 3. The Hall–Kier alpha value is -9.56. The normalized spacial score (nSPS) is 11.1. The van der Waals surface area contributed by atoms with Crippen molar-refractivity contribution in [3.05, 3.63) is 271 Å². The van der Waals surface area contributed by atoms with Crippen molar-refractivity contribution in [3.63, 3.8) is 0 Å². The molecule has 0 radical (unpaired) electrons. The molecule has 0 aliphatic rings. The van der Waals surface area contributed by atoms with E-state index in [2.05, 4.69) is 68.3 Å². The minimum atomic E-state index is -0.409. The molecule has 107 heavy (non-hydrogen) atoms. The molecule has 17 nitrogen and oxygen atoms in total. The number of halogens is 4. The Morgan fingerprint density at radius 3 is 1.19 bits per heavy atom. The number of amides is 1. The van der Waals surface area contributed by atoms with Gasteiger partial charge in [-0.05, 0) is 231 Å². The summed E-state index contributed by atoms with van der Waals surface area (Å²) in [5, 5.41) is 32.2. The van der Waals surface area contributed by atoms with Crippen LogP contribution in [0.1, 0.15) is 159 Å². The van der Waals surface area contributed by atoms with Crippen LogP contribution in [-0.2, 0) is 59.3 Å². The van der Waals surface area contributed by atoms with Gasteiger partial charge in [-0.3, -0.25) is 19.2 Å². The van der Waals surface area contributed by atoms with Crippen molar-refractivity contribution >= 4 is 156 Å². The monoisotopic (exact) mass is 1790 g/mol. The zero-order chi connectivity index (χ0) is 76.3. The molecule has 0 aliphatic carbocycles. The SMILES string of the molecule is CC(=O)CCCCc1oc2cc(OCCc3ccccc3)ccc2c1C(=O)c1cc(Br)c(O)c(Br)c1.CC(=O)CCCCc1oc2cc(OCCc3ccccc3)ccc2c1C(=O)c1cc(I)c(O)c(I)c1.NC(=O)CCCc1oc2cc(CCCc3ccccc3)ccc2c1C(=O)c1cc(N)c(O)c(N)c1. The van der Waals surface area contributed by atoms with E-state index in [0.717, 1.165) is 68.7 Å². The number of ether oxygens (including phenoxy) is 2. The van der Waals surface area contributed by atoms with E-state index >= 15 is 0 Å². The van der Waals surface area contributed by atoms with Crippen molar-refractivity contribution in [2.45, 2.75) is 117 Å². The molecule has 0 bridgehead atoms. The largest absolute Gasteiger partial charge is 0.506 e. The fraction of sp³-hybridized carbons (Fsp3) is 0.233. The van der Waals surface area contributed by atoms with Gasteiger partial charge in [-0.15, -0.1) is 0 Å². The molecule has 0 unspecified atom stereocenters. The number of unbranched alkanes of at least 4 members (excludes halogenated alkanes) is 2. The maximum absolute atomic E-state index is 13.7. The Morgan fingerprint density at radius 2 is 0.766 bits per heavy atom. The number of benzene rings is 9. The van der Waals surface area contributed by atoms with Crippen molar-refractivity contribution in [1.29, 1.82) is 0 Å². The molecule has 0 fully saturated rings. The van der Waals surface area contributed by atoms with E-state index < -0.39 is 5.91 Å². The molecule has 552 valence electrons. The highest BCUT2D eigenvalue weighted by Gasteiger charge is 2.28. The maximum Gasteiger partial charge on any atom is 0.217 e. The van der Waals surface area contributed by atoms with Crippen LogP contribution in [0.4, 0.5) is 11.4 Å². The van der Waals surface area contributed by atoms with Gasteiger partial charge < -0.3 is 64.8 Å². The minimum Gasteiger partial charge on any atom is -0.506 e. The third-order valence-electron chi connectivity index (χ3n) is 17.9. The van der Waals surface area contributed by atoms with Crippen molar-refractivity contribution in [2.75, 3.05) is 24.7 Å². The number of rotatable bonds is 32. The quantitative estimate of drug-likeness (QED) is 0.00751. The fourth-order valence-corrected chi connectivity index (χ4v) is 15.4. The van der Waals surface area contributed by atoms with Crippen molar-refractivity contribution in [2.24, 2.45) is 5.73 Å². The summed E-state index contributed by atoms with van der Waals surface area (Å²) in [7, 11) is 0. The number of aromatic hydroxyl groups is 3. The molecule has 9 aromatic carbocycles. The number of Topliss-reactive ketones (excluding diaryl/α,β-unsaturated/α-hetero) is 2. The van der Waals surface area contributed by atoms with Crippen LogP contribution in [0, 0.1) is 7.14 Å². The summed E-state index contributed by atoms with van der Waals surface area (Å²) in [5.74, 6) is 2.22. The van der Waals surface area contributed by atoms with Crippen LogP contribution in [0.15, 0.2) is 204 Å². The standard InChI is InChI=1S/C29H26Br2O5.C29H26I2O5.C28H29N3O4/c2*1-18(32)7-5-6-10-25-27(28(33)20-15-23(30)29(34)24(31)16-20)22-12-11-21(17-26(22)36-25)35-14-13-19-8-3-2-4-9-19;29-21-15-19(16-22(30)28(21)34)27(33)26-20-13-12-18(9-4-8-17-6-2-1-3-7-17)14-24(20)35-23(26)10-5-11-25(31)32/h2*2-4,8-9,11-12,15-17,34H,5-7,10,13-14H2,1H3;1-3,6-7,12-16,34H,4-5,8-11,29-30H2,(H2,31,32). The number of primary amides is 1. The number of furan rings is 3. The molecule has 3 aromatic heterocycles. The zero-order valence-electron chi connectivity index (χ0n) is 59.1. The van der Waals surface area contributed by atoms with Gasteiger partial charge in [-0.2, -0.15) is 0 Å². The van der Waals surface area contributed by atoms with E-state index in [1.165, 1.54) is 28.8 Å². The fourth-order valence-electron chi connectivity index (χ4n) is 12.4. The molecular weight excluding hydrogens is 1710 g/mol. The van der Waals surface area contributed by atoms with Gasteiger partial charge in [0.25, 0.3) is 0 Å². The highest BCUT2D eigenvalue weighted by molar-refractivity contribution is 14.1. The first-order valence-corrected chi connectivity index (χ1v) is 38.9. The van der Waals surface area contributed by atoms with Crippen molar-refractivity contribution in [3.8, 4) is 28.7 Å². The van der Waals surface area contributed by atoms with E-state index in [-0.39, 0.29) is 69.5 Å². The first-order valence-electron chi connectivity index (χ1n) is 35.2. The van der Waals surface area contributed by atoms with Gasteiger partial charge in [0.05, 0.1) is 57.4 Å². The number of fused-ring (bicyclic) bond motifs is 3. The molecule has 3 heterocycles. The summed E-state index contributed by atoms with van der Waals surface area (Å²) in [6, 6.07) is 57.0. The van der Waals surface area contributed by atoms with Gasteiger partial charge in [0, 0.05) is 96.3 Å². The van der Waals surface area contributed by atoms with Crippen molar-refractivity contribution < 1.29 is 66.8 Å². The van der Waals surface area contributed by atoms with Gasteiger partial charge >= 0.3 is 0 Å². The van der Waals surface area contributed by atoms with Crippen LogP contribution in [0.3, 0.4) is 0 Å². The smallest absolute Gasteiger partial charge is 0.217 e. The second-order valence-corrected chi connectivity index (χ2v) is 30.1. The molecule has 0 atom stereocenters. The lowest BCUT2D eigenvalue weighted by Crippen LogP contribution is -2.11. The number of nitrogen functional groups attached to an aromatic ring is 2. The van der Waals surface area contributed by atoms with E-state index in [1.54, 1.807) is 38.1 Å². The molecule has 12 aromatic rings. The molecule has 0 aliphatic heterocycles. The van der Waals surface area contributed by atoms with Crippen LogP contribution in [0.2, 0.25) is 0 Å². The molecule has 12 rings (SSSR count). The molecule has 0 spiro atoms. The Morgan fingerprint density at radius 1 is 0.393 bits per heavy atom. The average molecular weight is 1790 g/mol. The lowest BCUT2D eigenvalue weighted by molar-refractivity contribution is -0.118. The van der Waals surface area contributed by atoms with Crippen LogP contribution >= 0.6 is 77.0 Å². The predicted molar refractivity (Wildman–Crippen MR) is 441 cm³/mol. The van der Waals surface area contributed by atoms with E-state index in [1.807, 2.05) is 154 Å². The molecule has 21 heteroatoms. The van der Waals surface area contributed by atoms with Gasteiger partial charge in [0.2, 0.25) is 5.91 Å². The summed E-state index contributed by atoms with van der Waals surface area (Å²) in [6.07, 6.45) is 10.5. The zero-order valence-corrected chi connectivity index (χ0v) is 66.6. The average Bonchev–Trinajstić information content (AvgIpc) is 1.65. The minimum absolute atomic E-state index is 0.0251. The summed E-state index contributed by atoms with van der Waals surface area (Å²) < 4.78 is 32.5. The molecule has 1 amide bonds. The maximum atomic E-state index is 13.7. The third kappa shape index (κ3) is 21.6. The van der Waals surface area contributed by atoms with Gasteiger partial charge in [-0.25, -0.2) is 0 Å². The van der Waals surface area contributed by atoms with Crippen LogP contribution < -0.4 is 26.7 Å². The molecule has 0 saturated heterocycles. The number of aryl methyl sites for hydroxylation is 5. The van der Waals surface area contributed by atoms with Gasteiger partial charge in [0.15, 0.2) is 23.1 Å². The number of anilines is 2. The van der Waals surface area contributed by atoms with Gasteiger partial charge in [-0.1, -0.05) is 103 Å². The lowest BCUT2D eigenvalue weighted by atomic mass is 9.96. The highest BCUT2D eigenvalue weighted by Crippen LogP contribution is 2.40. The van der Waals surface area contributed by atoms with E-state index in [0.29, 0.717) is 152 Å². The number of ketones is 5. The third-order valence-corrected chi connectivity index (χ3v) is 20.8. The Bertz CT molecular complexity index is 4910. The van der Waals surface area contributed by atoms with E-state index in [4.69, 9.17) is 39.9 Å². The topological polar surface area (TPSA) is 299 Å². The summed E-state index contributed by atoms with van der Waals surface area (Å²) in [6.45, 7) is 4.22. The number of hydrogen-bond donors (Lipinski definition) is 6. The van der Waals surface area contributed by atoms with Crippen LogP contribution in [-0.4, -0.2) is 63.4 Å². The van der Waals surface area contributed by atoms with Gasteiger partial charge in [0.1, 0.15) is 68.6 Å². The molecule has 9 N–H and O–H groups in total. The van der Waals surface area contributed by atoms with E-state index in [9.17, 15) is 44.1 Å². The first kappa shape index (κ1) is 80.0. The lowest BCUT2D eigenvalue weighted by Gasteiger charge is -2.08. The first-order chi connectivity index (χ1) is 51.5. The summed E-state index contributed by atoms with van der Waals surface area (Å²) in [4.78, 5) is 74.8. The molecular formula is C86H81Br2I2N3O14. The summed E-state index contributed by atoms with van der Waals surface area (Å²) >= 11 is 10.7. The second kappa shape index (κ2) is 38.3. The Kier molecular flexibility index (Phi) is 28.6. The second-order valence-electron chi connectivity index (χ2n) is 26.1. The number of nitrogens with two attached hydrogens (primary N) is 3. The highest BCUT2D eigenvalue weighted by atomic mass is 127. The summed E-state index contributed by atoms with van der Waals surface area (Å²) in [5.41, 5.74) is 26.2. The number of hydrogen-bond acceptors (Lipinski definition) is 16. The Balaban J connectivity index is 0.000000172.